The Labute approximate surface area is 160 Å². The lowest BCUT2D eigenvalue weighted by Crippen LogP contribution is -2.22. The van der Waals surface area contributed by atoms with Crippen molar-refractivity contribution in [3.63, 3.8) is 0 Å². The molecule has 0 saturated heterocycles. The van der Waals surface area contributed by atoms with Gasteiger partial charge in [0, 0.05) is 6.42 Å². The molecule has 1 amide bonds. The SMILES string of the molecule is COC(=O)Cn1c(=NC(=O)CCc2ccccc2)sc2cccc(OC)c21. The number of hydrogen-bond donors (Lipinski definition) is 0. The molecule has 0 fully saturated rings. The van der Waals surface area contributed by atoms with Crippen molar-refractivity contribution in [3.05, 3.63) is 58.9 Å². The number of benzene rings is 2. The van der Waals surface area contributed by atoms with Crippen LogP contribution in [-0.2, 0) is 27.3 Å². The van der Waals surface area contributed by atoms with E-state index in [1.165, 1.54) is 18.4 Å². The third-order valence-electron chi connectivity index (χ3n) is 4.09. The Balaban J connectivity index is 1.96. The molecule has 0 spiro atoms. The van der Waals surface area contributed by atoms with Crippen molar-refractivity contribution in [2.24, 2.45) is 4.99 Å². The minimum Gasteiger partial charge on any atom is -0.495 e. The molecule has 6 nitrogen and oxygen atoms in total. The Hall–Kier alpha value is -2.93. The molecular weight excluding hydrogens is 364 g/mol. The summed E-state index contributed by atoms with van der Waals surface area (Å²) in [5.41, 5.74) is 1.81. The summed E-state index contributed by atoms with van der Waals surface area (Å²) < 4.78 is 12.8. The van der Waals surface area contributed by atoms with Gasteiger partial charge in [-0.2, -0.15) is 4.99 Å². The maximum atomic E-state index is 12.4. The Morgan fingerprint density at radius 1 is 1.07 bits per heavy atom. The van der Waals surface area contributed by atoms with Crippen LogP contribution in [0.3, 0.4) is 0 Å². The molecule has 140 valence electrons. The van der Waals surface area contributed by atoms with Crippen LogP contribution in [0.5, 0.6) is 5.75 Å². The van der Waals surface area contributed by atoms with Gasteiger partial charge in [-0.25, -0.2) is 0 Å². The molecule has 27 heavy (non-hydrogen) atoms. The van der Waals surface area contributed by atoms with Crippen molar-refractivity contribution in [1.82, 2.24) is 4.57 Å². The molecule has 0 saturated carbocycles. The summed E-state index contributed by atoms with van der Waals surface area (Å²) in [6.07, 6.45) is 0.919. The minimum absolute atomic E-state index is 0.0400. The highest BCUT2D eigenvalue weighted by atomic mass is 32.1. The lowest BCUT2D eigenvalue weighted by molar-refractivity contribution is -0.141. The second-order valence-corrected chi connectivity index (χ2v) is 6.85. The fourth-order valence-corrected chi connectivity index (χ4v) is 3.81. The van der Waals surface area contributed by atoms with E-state index in [1.54, 1.807) is 11.7 Å². The number of para-hydroxylation sites is 1. The summed E-state index contributed by atoms with van der Waals surface area (Å²) in [6.45, 7) is -0.0400. The summed E-state index contributed by atoms with van der Waals surface area (Å²) in [6, 6.07) is 15.4. The molecule has 0 aliphatic carbocycles. The second kappa shape index (κ2) is 8.64. The van der Waals surface area contributed by atoms with E-state index in [-0.39, 0.29) is 12.5 Å². The number of aromatic nitrogens is 1. The number of rotatable bonds is 6. The van der Waals surface area contributed by atoms with Gasteiger partial charge in [-0.05, 0) is 24.1 Å². The number of hydrogen-bond acceptors (Lipinski definition) is 5. The predicted octanol–water partition coefficient (Wildman–Crippen LogP) is 2.94. The van der Waals surface area contributed by atoms with Crippen LogP contribution in [-0.4, -0.2) is 30.7 Å². The van der Waals surface area contributed by atoms with Gasteiger partial charge in [0.1, 0.15) is 17.8 Å². The van der Waals surface area contributed by atoms with Crippen molar-refractivity contribution in [2.75, 3.05) is 14.2 Å². The van der Waals surface area contributed by atoms with Gasteiger partial charge in [-0.3, -0.25) is 9.59 Å². The predicted molar refractivity (Wildman–Crippen MR) is 104 cm³/mol. The molecule has 7 heteroatoms. The molecule has 1 heterocycles. The van der Waals surface area contributed by atoms with E-state index in [2.05, 4.69) is 4.99 Å². The normalized spacial score (nSPS) is 11.6. The fraction of sp³-hybridized carbons (Fsp3) is 0.250. The van der Waals surface area contributed by atoms with Crippen LogP contribution in [0.4, 0.5) is 0 Å². The Morgan fingerprint density at radius 3 is 2.56 bits per heavy atom. The number of thiazole rings is 1. The first-order valence-electron chi connectivity index (χ1n) is 8.47. The number of aryl methyl sites for hydroxylation is 1. The first-order chi connectivity index (χ1) is 13.1. The van der Waals surface area contributed by atoms with E-state index >= 15 is 0 Å². The van der Waals surface area contributed by atoms with E-state index < -0.39 is 5.97 Å². The van der Waals surface area contributed by atoms with Gasteiger partial charge in [-0.15, -0.1) is 0 Å². The number of esters is 1. The van der Waals surface area contributed by atoms with Crippen LogP contribution in [0.25, 0.3) is 10.2 Å². The molecule has 3 aromatic rings. The van der Waals surface area contributed by atoms with Crippen LogP contribution in [0.1, 0.15) is 12.0 Å². The van der Waals surface area contributed by atoms with Gasteiger partial charge < -0.3 is 14.0 Å². The van der Waals surface area contributed by atoms with Gasteiger partial charge in [-0.1, -0.05) is 47.7 Å². The van der Waals surface area contributed by atoms with Crippen molar-refractivity contribution < 1.29 is 19.1 Å². The third kappa shape index (κ3) is 4.43. The molecule has 1 aromatic heterocycles. The molecule has 0 N–H and O–H groups in total. The zero-order valence-electron chi connectivity index (χ0n) is 15.2. The summed E-state index contributed by atoms with van der Waals surface area (Å²) in [5, 5.41) is 0. The van der Waals surface area contributed by atoms with E-state index in [0.29, 0.717) is 23.4 Å². The second-order valence-electron chi connectivity index (χ2n) is 5.85. The highest BCUT2D eigenvalue weighted by Crippen LogP contribution is 2.27. The zero-order valence-corrected chi connectivity index (χ0v) is 16.0. The van der Waals surface area contributed by atoms with E-state index in [1.807, 2.05) is 48.5 Å². The number of nitrogens with zero attached hydrogens (tertiary/aromatic N) is 2. The molecule has 0 aliphatic heterocycles. The fourth-order valence-electron chi connectivity index (χ4n) is 2.75. The Kier molecular flexibility index (Phi) is 6.03. The maximum absolute atomic E-state index is 12.4. The van der Waals surface area contributed by atoms with Crippen molar-refractivity contribution in [1.29, 1.82) is 0 Å². The van der Waals surface area contributed by atoms with Crippen molar-refractivity contribution >= 4 is 33.4 Å². The molecule has 0 radical (unpaired) electrons. The third-order valence-corrected chi connectivity index (χ3v) is 5.13. The topological polar surface area (TPSA) is 69.9 Å². The summed E-state index contributed by atoms with van der Waals surface area (Å²) in [5.74, 6) is -0.0346. The molecule has 3 rings (SSSR count). The number of carbonyl (C=O) groups excluding carboxylic acids is 2. The number of methoxy groups -OCH3 is 2. The first-order valence-corrected chi connectivity index (χ1v) is 9.28. The monoisotopic (exact) mass is 384 g/mol. The van der Waals surface area contributed by atoms with Crippen LogP contribution in [0.15, 0.2) is 53.5 Å². The van der Waals surface area contributed by atoms with Gasteiger partial charge in [0.15, 0.2) is 4.80 Å². The Morgan fingerprint density at radius 2 is 1.85 bits per heavy atom. The van der Waals surface area contributed by atoms with E-state index in [4.69, 9.17) is 9.47 Å². The number of amides is 1. The standard InChI is InChI=1S/C20H20N2O4S/c1-25-15-9-6-10-16-19(15)22(13-18(24)26-2)20(27-16)21-17(23)12-11-14-7-4-3-5-8-14/h3-10H,11-13H2,1-2H3. The smallest absolute Gasteiger partial charge is 0.325 e. The van der Waals surface area contributed by atoms with Crippen LogP contribution >= 0.6 is 11.3 Å². The summed E-state index contributed by atoms with van der Waals surface area (Å²) in [4.78, 5) is 29.0. The number of carbonyl (C=O) groups is 2. The Bertz CT molecular complexity index is 1020. The average Bonchev–Trinajstić information content (AvgIpc) is 3.04. The van der Waals surface area contributed by atoms with Gasteiger partial charge in [0.2, 0.25) is 5.91 Å². The zero-order chi connectivity index (χ0) is 19.2. The van der Waals surface area contributed by atoms with Crippen molar-refractivity contribution in [3.8, 4) is 5.75 Å². The largest absolute Gasteiger partial charge is 0.495 e. The molecule has 0 bridgehead atoms. The van der Waals surface area contributed by atoms with E-state index in [9.17, 15) is 9.59 Å². The van der Waals surface area contributed by atoms with Gasteiger partial charge in [0.25, 0.3) is 0 Å². The van der Waals surface area contributed by atoms with Crippen LogP contribution < -0.4 is 9.54 Å². The summed E-state index contributed by atoms with van der Waals surface area (Å²) >= 11 is 1.34. The lowest BCUT2D eigenvalue weighted by Gasteiger charge is -2.07. The van der Waals surface area contributed by atoms with E-state index in [0.717, 1.165) is 15.8 Å². The molecule has 0 aliphatic rings. The molecule has 2 aromatic carbocycles. The quantitative estimate of drug-likeness (QED) is 0.613. The van der Waals surface area contributed by atoms with Gasteiger partial charge in [0.05, 0.1) is 18.9 Å². The lowest BCUT2D eigenvalue weighted by atomic mass is 10.1. The summed E-state index contributed by atoms with van der Waals surface area (Å²) in [7, 11) is 2.90. The number of ether oxygens (including phenoxy) is 2. The highest BCUT2D eigenvalue weighted by Gasteiger charge is 2.15. The molecule has 0 atom stereocenters. The minimum atomic E-state index is -0.418. The number of fused-ring (bicyclic) bond motifs is 1. The average molecular weight is 384 g/mol. The van der Waals surface area contributed by atoms with Gasteiger partial charge >= 0.3 is 5.97 Å². The first kappa shape index (κ1) is 18.8. The van der Waals surface area contributed by atoms with Crippen LogP contribution in [0, 0.1) is 0 Å². The molecule has 0 unspecified atom stereocenters. The van der Waals surface area contributed by atoms with Crippen LogP contribution in [0.2, 0.25) is 0 Å². The molecular formula is C20H20N2O4S. The highest BCUT2D eigenvalue weighted by molar-refractivity contribution is 7.16. The maximum Gasteiger partial charge on any atom is 0.325 e. The van der Waals surface area contributed by atoms with Crippen molar-refractivity contribution in [2.45, 2.75) is 19.4 Å².